The minimum Gasteiger partial charge on any atom is -0.461 e. The first-order valence-corrected chi connectivity index (χ1v) is 8.35. The second-order valence-electron chi connectivity index (χ2n) is 5.11. The van der Waals surface area contributed by atoms with Crippen LogP contribution in [-0.4, -0.2) is 22.1 Å². The van der Waals surface area contributed by atoms with Gasteiger partial charge in [0.1, 0.15) is 0 Å². The smallest absolute Gasteiger partial charge is 0.360 e. The summed E-state index contributed by atoms with van der Waals surface area (Å²) in [6, 6.07) is 9.28. The van der Waals surface area contributed by atoms with E-state index in [-0.39, 0.29) is 23.7 Å². The monoisotopic (exact) mass is 344 g/mol. The Labute approximate surface area is 142 Å². The van der Waals surface area contributed by atoms with Gasteiger partial charge in [0.25, 0.3) is 0 Å². The molecule has 2 aromatic heterocycles. The molecule has 0 N–H and O–H groups in total. The van der Waals surface area contributed by atoms with Gasteiger partial charge in [-0.1, -0.05) is 29.5 Å². The first-order chi connectivity index (χ1) is 11.6. The first-order valence-electron chi connectivity index (χ1n) is 7.47. The van der Waals surface area contributed by atoms with Crippen LogP contribution in [0.4, 0.5) is 0 Å². The number of hydrogen-bond donors (Lipinski definition) is 0. The minimum atomic E-state index is -0.556. The van der Waals surface area contributed by atoms with Crippen molar-refractivity contribution in [3.8, 4) is 11.5 Å². The third-order valence-corrected chi connectivity index (χ3v) is 4.35. The molecule has 0 bridgehead atoms. The van der Waals surface area contributed by atoms with Crippen molar-refractivity contribution in [1.82, 2.24) is 9.55 Å². The predicted molar refractivity (Wildman–Crippen MR) is 90.3 cm³/mol. The first kappa shape index (κ1) is 16.2. The van der Waals surface area contributed by atoms with Crippen LogP contribution in [0.2, 0.25) is 0 Å². The summed E-state index contributed by atoms with van der Waals surface area (Å²) in [5.41, 5.74) is 1.66. The highest BCUT2D eigenvalue weighted by Crippen LogP contribution is 2.23. The normalized spacial score (nSPS) is 10.8. The van der Waals surface area contributed by atoms with Gasteiger partial charge in [-0.15, -0.1) is 0 Å². The molecular formula is C17H16N2O4S. The molecule has 0 aliphatic rings. The summed E-state index contributed by atoms with van der Waals surface area (Å²) in [5, 5.41) is 1.76. The fraction of sp³-hybridized carbons (Fsp3) is 0.235. The third-order valence-electron chi connectivity index (χ3n) is 3.47. The van der Waals surface area contributed by atoms with E-state index in [9.17, 15) is 9.59 Å². The van der Waals surface area contributed by atoms with Gasteiger partial charge in [-0.05, 0) is 26.0 Å². The number of aromatic nitrogens is 2. The number of carbonyl (C=O) groups excluding carboxylic acids is 1. The number of esters is 1. The van der Waals surface area contributed by atoms with E-state index in [0.29, 0.717) is 11.7 Å². The SMILES string of the molecule is CCOC(=O)c1nc(-c2ccccc2)oc1Cn1c(C)csc1=O. The van der Waals surface area contributed by atoms with Gasteiger partial charge in [-0.2, -0.15) is 0 Å². The highest BCUT2D eigenvalue weighted by atomic mass is 32.1. The average molecular weight is 344 g/mol. The Morgan fingerprint density at radius 1 is 1.33 bits per heavy atom. The molecule has 7 heteroatoms. The van der Waals surface area contributed by atoms with E-state index in [4.69, 9.17) is 9.15 Å². The van der Waals surface area contributed by atoms with Crippen LogP contribution in [0.15, 0.2) is 44.9 Å². The van der Waals surface area contributed by atoms with Crippen LogP contribution >= 0.6 is 11.3 Å². The van der Waals surface area contributed by atoms with Crippen molar-refractivity contribution < 1.29 is 13.9 Å². The van der Waals surface area contributed by atoms with Gasteiger partial charge in [-0.25, -0.2) is 9.78 Å². The highest BCUT2D eigenvalue weighted by Gasteiger charge is 2.23. The number of oxazole rings is 1. The largest absolute Gasteiger partial charge is 0.461 e. The molecule has 24 heavy (non-hydrogen) atoms. The molecule has 1 aromatic carbocycles. The van der Waals surface area contributed by atoms with E-state index >= 15 is 0 Å². The average Bonchev–Trinajstić information content (AvgIpc) is 3.15. The molecule has 0 spiro atoms. The van der Waals surface area contributed by atoms with Crippen LogP contribution in [0.25, 0.3) is 11.5 Å². The Hall–Kier alpha value is -2.67. The standard InChI is InChI=1S/C17H16N2O4S/c1-3-22-16(20)14-13(9-19-11(2)10-24-17(19)21)23-15(18-14)12-7-5-4-6-8-12/h4-8,10H,3,9H2,1-2H3. The number of aryl methyl sites for hydroxylation is 1. The number of thiazole rings is 1. The molecule has 6 nitrogen and oxygen atoms in total. The maximum Gasteiger partial charge on any atom is 0.360 e. The molecule has 3 rings (SSSR count). The predicted octanol–water partition coefficient (Wildman–Crippen LogP) is 3.10. The Kier molecular flexibility index (Phi) is 4.61. The lowest BCUT2D eigenvalue weighted by atomic mass is 10.2. The van der Waals surface area contributed by atoms with Gasteiger partial charge < -0.3 is 9.15 Å². The number of carbonyl (C=O) groups is 1. The molecule has 0 atom stereocenters. The van der Waals surface area contributed by atoms with Crippen molar-refractivity contribution in [2.45, 2.75) is 20.4 Å². The number of ether oxygens (including phenoxy) is 1. The number of rotatable bonds is 5. The van der Waals surface area contributed by atoms with Crippen LogP contribution in [0.1, 0.15) is 28.9 Å². The molecule has 0 radical (unpaired) electrons. The molecule has 0 saturated carbocycles. The zero-order valence-corrected chi connectivity index (χ0v) is 14.1. The van der Waals surface area contributed by atoms with Crippen LogP contribution < -0.4 is 4.87 Å². The lowest BCUT2D eigenvalue weighted by Gasteiger charge is -2.03. The third kappa shape index (κ3) is 3.16. The van der Waals surface area contributed by atoms with Crippen LogP contribution in [0, 0.1) is 6.92 Å². The zero-order valence-electron chi connectivity index (χ0n) is 13.3. The van der Waals surface area contributed by atoms with Crippen LogP contribution in [0.3, 0.4) is 0 Å². The van der Waals surface area contributed by atoms with Crippen molar-refractivity contribution in [3.63, 3.8) is 0 Å². The molecule has 0 aliphatic heterocycles. The summed E-state index contributed by atoms with van der Waals surface area (Å²) in [5.74, 6) is 0.0878. The quantitative estimate of drug-likeness (QED) is 0.665. The van der Waals surface area contributed by atoms with E-state index in [1.165, 1.54) is 0 Å². The fourth-order valence-electron chi connectivity index (χ4n) is 2.26. The second kappa shape index (κ2) is 6.84. The Morgan fingerprint density at radius 2 is 2.08 bits per heavy atom. The molecule has 0 unspecified atom stereocenters. The van der Waals surface area contributed by atoms with Gasteiger partial charge in [-0.3, -0.25) is 9.36 Å². The van der Waals surface area contributed by atoms with Crippen molar-refractivity contribution >= 4 is 17.3 Å². The Morgan fingerprint density at radius 3 is 2.71 bits per heavy atom. The summed E-state index contributed by atoms with van der Waals surface area (Å²) in [6.45, 7) is 3.94. The van der Waals surface area contributed by atoms with E-state index < -0.39 is 5.97 Å². The summed E-state index contributed by atoms with van der Waals surface area (Å²) in [7, 11) is 0. The van der Waals surface area contributed by atoms with Crippen LogP contribution in [-0.2, 0) is 11.3 Å². The van der Waals surface area contributed by atoms with E-state index in [2.05, 4.69) is 4.98 Å². The topological polar surface area (TPSA) is 74.3 Å². The summed E-state index contributed by atoms with van der Waals surface area (Å²) in [6.07, 6.45) is 0. The Balaban J connectivity index is 2.04. The number of benzene rings is 1. The molecule has 0 aliphatic carbocycles. The van der Waals surface area contributed by atoms with Crippen molar-refractivity contribution in [2.75, 3.05) is 6.61 Å². The molecule has 3 aromatic rings. The second-order valence-corrected chi connectivity index (χ2v) is 5.93. The summed E-state index contributed by atoms with van der Waals surface area (Å²) < 4.78 is 12.4. The van der Waals surface area contributed by atoms with Crippen molar-refractivity contribution in [3.05, 3.63) is 62.5 Å². The summed E-state index contributed by atoms with van der Waals surface area (Å²) >= 11 is 1.11. The van der Waals surface area contributed by atoms with E-state index in [1.54, 1.807) is 16.9 Å². The maximum absolute atomic E-state index is 12.2. The molecule has 2 heterocycles. The van der Waals surface area contributed by atoms with Crippen molar-refractivity contribution in [2.24, 2.45) is 0 Å². The zero-order chi connectivity index (χ0) is 17.1. The molecule has 0 fully saturated rings. The van der Waals surface area contributed by atoms with Crippen LogP contribution in [0.5, 0.6) is 0 Å². The molecule has 124 valence electrons. The maximum atomic E-state index is 12.2. The Bertz CT molecular complexity index is 908. The highest BCUT2D eigenvalue weighted by molar-refractivity contribution is 7.07. The number of nitrogens with zero attached hydrogens (tertiary/aromatic N) is 2. The number of hydrogen-bond acceptors (Lipinski definition) is 6. The summed E-state index contributed by atoms with van der Waals surface area (Å²) in [4.78, 5) is 28.3. The fourth-order valence-corrected chi connectivity index (χ4v) is 3.00. The van der Waals surface area contributed by atoms with E-state index in [0.717, 1.165) is 22.6 Å². The van der Waals surface area contributed by atoms with Crippen molar-refractivity contribution in [1.29, 1.82) is 0 Å². The van der Waals surface area contributed by atoms with Gasteiger partial charge >= 0.3 is 10.8 Å². The minimum absolute atomic E-state index is 0.105. The van der Waals surface area contributed by atoms with E-state index in [1.807, 2.05) is 37.3 Å². The molecule has 0 saturated heterocycles. The molecule has 0 amide bonds. The van der Waals surface area contributed by atoms with Gasteiger partial charge in [0, 0.05) is 16.6 Å². The lowest BCUT2D eigenvalue weighted by Crippen LogP contribution is -2.17. The lowest BCUT2D eigenvalue weighted by molar-refractivity contribution is 0.0517. The van der Waals surface area contributed by atoms with Gasteiger partial charge in [0.05, 0.1) is 13.2 Å². The van der Waals surface area contributed by atoms with Gasteiger partial charge in [0.2, 0.25) is 5.89 Å². The molecular weight excluding hydrogens is 328 g/mol. The van der Waals surface area contributed by atoms with Gasteiger partial charge in [0.15, 0.2) is 11.5 Å².